The maximum absolute atomic E-state index is 5.71. The van der Waals surface area contributed by atoms with E-state index < -0.39 is 0 Å². The quantitative estimate of drug-likeness (QED) is 0.224. The van der Waals surface area contributed by atoms with Crippen LogP contribution in [0.5, 0.6) is 11.5 Å². The van der Waals surface area contributed by atoms with Gasteiger partial charge in [0.05, 0.1) is 26.0 Å². The fraction of sp³-hybridized carbons (Fsp3) is 0.333. The Hall–Kier alpha value is -2.75. The molecule has 2 aromatic carbocycles. The Morgan fingerprint density at radius 1 is 1.06 bits per heavy atom. The number of guanidine groups is 1. The molecule has 0 aliphatic rings. The van der Waals surface area contributed by atoms with Crippen LogP contribution in [0.1, 0.15) is 30.2 Å². The number of aliphatic imine (C=N–C) groups is 1. The highest BCUT2D eigenvalue weighted by Crippen LogP contribution is 2.28. The second-order valence-electron chi connectivity index (χ2n) is 7.12. The highest BCUT2D eigenvalue weighted by atomic mass is 127. The lowest BCUT2D eigenvalue weighted by molar-refractivity contribution is 0.294. The summed E-state index contributed by atoms with van der Waals surface area (Å²) in [5.74, 6) is 2.76. The first-order valence-electron chi connectivity index (χ1n) is 10.4. The number of hydrogen-bond acceptors (Lipinski definition) is 5. The average molecular weight is 550 g/mol. The summed E-state index contributed by atoms with van der Waals surface area (Å²) in [6.07, 6.45) is 2.61. The predicted molar refractivity (Wildman–Crippen MR) is 138 cm³/mol. The lowest BCUT2D eigenvalue weighted by Crippen LogP contribution is -2.36. The van der Waals surface area contributed by atoms with Crippen molar-refractivity contribution in [3.8, 4) is 23.0 Å². The van der Waals surface area contributed by atoms with Crippen molar-refractivity contribution in [2.45, 2.75) is 33.4 Å². The molecule has 2 N–H and O–H groups in total. The SMILES string of the molecule is CCCOc1ccc(CNC(=NC)NCc2coc(-c3ccc(C)cc3)n2)cc1OC.I. The largest absolute Gasteiger partial charge is 0.493 e. The average Bonchev–Trinajstić information content (AvgIpc) is 3.27. The predicted octanol–water partition coefficient (Wildman–Crippen LogP) is 4.93. The van der Waals surface area contributed by atoms with Crippen molar-refractivity contribution in [1.29, 1.82) is 0 Å². The number of nitrogens with one attached hydrogen (secondary N) is 2. The van der Waals surface area contributed by atoms with Gasteiger partial charge in [0, 0.05) is 19.2 Å². The minimum Gasteiger partial charge on any atom is -0.493 e. The van der Waals surface area contributed by atoms with E-state index in [0.717, 1.165) is 34.7 Å². The topological polar surface area (TPSA) is 80.9 Å². The summed E-state index contributed by atoms with van der Waals surface area (Å²) in [4.78, 5) is 8.82. The Morgan fingerprint density at radius 3 is 2.50 bits per heavy atom. The van der Waals surface area contributed by atoms with Gasteiger partial charge in [-0.05, 0) is 43.2 Å². The first-order chi connectivity index (χ1) is 15.1. The summed E-state index contributed by atoms with van der Waals surface area (Å²) in [6.45, 7) is 5.89. The second-order valence-corrected chi connectivity index (χ2v) is 7.12. The van der Waals surface area contributed by atoms with Crippen LogP contribution >= 0.6 is 24.0 Å². The molecule has 0 aliphatic heterocycles. The number of aromatic nitrogens is 1. The van der Waals surface area contributed by atoms with Crippen molar-refractivity contribution in [3.05, 3.63) is 65.5 Å². The van der Waals surface area contributed by atoms with Crippen molar-refractivity contribution in [3.63, 3.8) is 0 Å². The van der Waals surface area contributed by atoms with Crippen molar-refractivity contribution in [2.75, 3.05) is 20.8 Å². The van der Waals surface area contributed by atoms with Gasteiger partial charge < -0.3 is 24.5 Å². The van der Waals surface area contributed by atoms with Crippen LogP contribution in [0.4, 0.5) is 0 Å². The molecule has 0 atom stereocenters. The van der Waals surface area contributed by atoms with Gasteiger partial charge in [-0.15, -0.1) is 24.0 Å². The third kappa shape index (κ3) is 7.15. The number of oxazole rings is 1. The van der Waals surface area contributed by atoms with Crippen LogP contribution in [-0.4, -0.2) is 31.7 Å². The molecule has 0 aliphatic carbocycles. The zero-order chi connectivity index (χ0) is 22.1. The summed E-state index contributed by atoms with van der Waals surface area (Å²) in [7, 11) is 3.38. The number of hydrogen-bond donors (Lipinski definition) is 2. The van der Waals surface area contributed by atoms with E-state index in [1.807, 2.05) is 42.5 Å². The molecule has 1 aromatic heterocycles. The molecule has 1 heterocycles. The number of nitrogens with zero attached hydrogens (tertiary/aromatic N) is 2. The lowest BCUT2D eigenvalue weighted by Gasteiger charge is -2.14. The van der Waals surface area contributed by atoms with E-state index in [9.17, 15) is 0 Å². The van der Waals surface area contributed by atoms with E-state index in [-0.39, 0.29) is 24.0 Å². The van der Waals surface area contributed by atoms with Crippen LogP contribution in [0.15, 0.2) is 58.1 Å². The zero-order valence-corrected chi connectivity index (χ0v) is 21.3. The van der Waals surface area contributed by atoms with E-state index >= 15 is 0 Å². The van der Waals surface area contributed by atoms with Gasteiger partial charge in [0.2, 0.25) is 5.89 Å². The van der Waals surface area contributed by atoms with Crippen LogP contribution < -0.4 is 20.1 Å². The van der Waals surface area contributed by atoms with Gasteiger partial charge in [0.15, 0.2) is 17.5 Å². The standard InChI is InChI=1S/C24H30N4O3.HI/c1-5-12-30-21-11-8-18(13-22(21)29-4)14-26-24(25-3)27-15-20-16-31-23(28-20)19-9-6-17(2)7-10-19;/h6-11,13,16H,5,12,14-15H2,1-4H3,(H2,25,26,27);1H. The van der Waals surface area contributed by atoms with Gasteiger partial charge in [0.1, 0.15) is 6.26 Å². The van der Waals surface area contributed by atoms with Crippen LogP contribution in [-0.2, 0) is 13.1 Å². The maximum atomic E-state index is 5.71. The van der Waals surface area contributed by atoms with Crippen LogP contribution in [0.3, 0.4) is 0 Å². The second kappa shape index (κ2) is 12.9. The smallest absolute Gasteiger partial charge is 0.226 e. The van der Waals surface area contributed by atoms with Crippen molar-refractivity contribution in [1.82, 2.24) is 15.6 Å². The van der Waals surface area contributed by atoms with E-state index in [1.165, 1.54) is 5.56 Å². The molecule has 0 bridgehead atoms. The van der Waals surface area contributed by atoms with Crippen LogP contribution in [0.2, 0.25) is 0 Å². The molecule has 3 rings (SSSR count). The van der Waals surface area contributed by atoms with E-state index in [1.54, 1.807) is 20.4 Å². The number of rotatable bonds is 9. The molecule has 7 nitrogen and oxygen atoms in total. The summed E-state index contributed by atoms with van der Waals surface area (Å²) in [5.41, 5.74) is 4.02. The Bertz CT molecular complexity index is 1000. The van der Waals surface area contributed by atoms with Gasteiger partial charge in [-0.3, -0.25) is 4.99 Å². The van der Waals surface area contributed by atoms with Crippen molar-refractivity contribution >= 4 is 29.9 Å². The maximum Gasteiger partial charge on any atom is 0.226 e. The molecule has 172 valence electrons. The molecule has 0 fully saturated rings. The van der Waals surface area contributed by atoms with Crippen LogP contribution in [0.25, 0.3) is 11.5 Å². The number of ether oxygens (including phenoxy) is 2. The molecule has 0 saturated heterocycles. The molecule has 0 radical (unpaired) electrons. The molecule has 3 aromatic rings. The molecular formula is C24H31IN4O3. The van der Waals surface area contributed by atoms with Crippen molar-refractivity contribution in [2.24, 2.45) is 4.99 Å². The summed E-state index contributed by atoms with van der Waals surface area (Å²) in [6, 6.07) is 14.0. The normalized spacial score (nSPS) is 10.9. The number of benzene rings is 2. The minimum absolute atomic E-state index is 0. The molecule has 0 spiro atoms. The molecular weight excluding hydrogens is 519 g/mol. The van der Waals surface area contributed by atoms with E-state index in [2.05, 4.69) is 34.5 Å². The minimum atomic E-state index is 0. The molecule has 0 amide bonds. The fourth-order valence-corrected chi connectivity index (χ4v) is 2.95. The van der Waals surface area contributed by atoms with Gasteiger partial charge in [-0.1, -0.05) is 30.7 Å². The Labute approximate surface area is 206 Å². The number of halogens is 1. The van der Waals surface area contributed by atoms with E-state index in [0.29, 0.717) is 31.5 Å². The highest BCUT2D eigenvalue weighted by Gasteiger charge is 2.09. The Kier molecular flexibility index (Phi) is 10.3. The first-order valence-corrected chi connectivity index (χ1v) is 10.4. The van der Waals surface area contributed by atoms with Gasteiger partial charge >= 0.3 is 0 Å². The summed E-state index contributed by atoms with van der Waals surface area (Å²) < 4.78 is 16.8. The fourth-order valence-electron chi connectivity index (χ4n) is 2.95. The van der Waals surface area contributed by atoms with Crippen LogP contribution in [0, 0.1) is 6.92 Å². The molecule has 8 heteroatoms. The highest BCUT2D eigenvalue weighted by molar-refractivity contribution is 14.0. The van der Waals surface area contributed by atoms with Crippen molar-refractivity contribution < 1.29 is 13.9 Å². The zero-order valence-electron chi connectivity index (χ0n) is 19.0. The Balaban J connectivity index is 0.00000363. The summed E-state index contributed by atoms with van der Waals surface area (Å²) >= 11 is 0. The first kappa shape index (κ1) is 25.5. The van der Waals surface area contributed by atoms with Gasteiger partial charge in [-0.25, -0.2) is 4.98 Å². The van der Waals surface area contributed by atoms with Gasteiger partial charge in [-0.2, -0.15) is 0 Å². The molecule has 0 saturated carbocycles. The number of aryl methyl sites for hydroxylation is 1. The lowest BCUT2D eigenvalue weighted by atomic mass is 10.1. The molecule has 32 heavy (non-hydrogen) atoms. The third-order valence-corrected chi connectivity index (χ3v) is 4.66. The molecule has 0 unspecified atom stereocenters. The number of methoxy groups -OCH3 is 1. The van der Waals surface area contributed by atoms with E-state index in [4.69, 9.17) is 13.9 Å². The third-order valence-electron chi connectivity index (χ3n) is 4.66. The monoisotopic (exact) mass is 550 g/mol. The Morgan fingerprint density at radius 2 is 1.81 bits per heavy atom. The summed E-state index contributed by atoms with van der Waals surface area (Å²) in [5, 5.41) is 6.56. The van der Waals surface area contributed by atoms with Gasteiger partial charge in [0.25, 0.3) is 0 Å².